The minimum absolute atomic E-state index is 0.489. The summed E-state index contributed by atoms with van der Waals surface area (Å²) in [6.45, 7) is 6.41. The predicted molar refractivity (Wildman–Crippen MR) is 64.1 cm³/mol. The van der Waals surface area contributed by atoms with Gasteiger partial charge in [0.15, 0.2) is 0 Å². The van der Waals surface area contributed by atoms with Gasteiger partial charge in [0.1, 0.15) is 5.82 Å². The van der Waals surface area contributed by atoms with E-state index in [1.165, 1.54) is 11.4 Å². The van der Waals surface area contributed by atoms with Crippen LogP contribution in [0.5, 0.6) is 0 Å². The lowest BCUT2D eigenvalue weighted by atomic mass is 10.2. The van der Waals surface area contributed by atoms with E-state index >= 15 is 0 Å². The third kappa shape index (κ3) is 1.95. The Kier molecular flexibility index (Phi) is 3.59. The molecule has 4 heteroatoms. The summed E-state index contributed by atoms with van der Waals surface area (Å²) >= 11 is 3.51. The Balaban J connectivity index is 3.17. The molecule has 1 rings (SSSR count). The maximum Gasteiger partial charge on any atom is 0.130 e. The molecule has 0 aromatic carbocycles. The van der Waals surface area contributed by atoms with Crippen LogP contribution >= 0.6 is 15.9 Å². The molecule has 0 radical (unpaired) electrons. The summed E-state index contributed by atoms with van der Waals surface area (Å²) in [5.74, 6) is 1.20. The summed E-state index contributed by atoms with van der Waals surface area (Å²) in [4.78, 5) is 2.25. The standard InChI is InChI=1S/C10H18BrN3/c1-7(2)13(4)10-9(6-11)8(3)12-14(10)5/h7H,6H2,1-5H3. The molecular formula is C10H18BrN3. The first-order valence-corrected chi connectivity index (χ1v) is 5.92. The molecule has 0 aliphatic rings. The third-order valence-corrected chi connectivity index (χ3v) is 3.12. The van der Waals surface area contributed by atoms with Crippen molar-refractivity contribution in [3.63, 3.8) is 0 Å². The molecule has 1 aromatic rings. The molecule has 0 amide bonds. The molecule has 80 valence electrons. The van der Waals surface area contributed by atoms with Crippen molar-refractivity contribution in [1.29, 1.82) is 0 Å². The summed E-state index contributed by atoms with van der Waals surface area (Å²) in [7, 11) is 4.10. The molecule has 0 aliphatic carbocycles. The fraction of sp³-hybridized carbons (Fsp3) is 0.700. The number of aromatic nitrogens is 2. The van der Waals surface area contributed by atoms with E-state index in [4.69, 9.17) is 0 Å². The number of alkyl halides is 1. The Bertz CT molecular complexity index is 317. The summed E-state index contributed by atoms with van der Waals surface area (Å²) < 4.78 is 1.95. The van der Waals surface area contributed by atoms with Gasteiger partial charge in [0.25, 0.3) is 0 Å². The number of nitrogens with zero attached hydrogens (tertiary/aromatic N) is 3. The number of hydrogen-bond donors (Lipinski definition) is 0. The number of anilines is 1. The van der Waals surface area contributed by atoms with Crippen LogP contribution in [-0.2, 0) is 12.4 Å². The molecule has 0 spiro atoms. The van der Waals surface area contributed by atoms with Gasteiger partial charge in [-0.3, -0.25) is 4.68 Å². The Labute approximate surface area is 94.2 Å². The molecule has 0 saturated heterocycles. The second-order valence-corrected chi connectivity index (χ2v) is 4.41. The average Bonchev–Trinajstić information content (AvgIpc) is 2.38. The average molecular weight is 260 g/mol. The minimum Gasteiger partial charge on any atom is -0.357 e. The Morgan fingerprint density at radius 1 is 1.50 bits per heavy atom. The highest BCUT2D eigenvalue weighted by Crippen LogP contribution is 2.25. The number of aryl methyl sites for hydroxylation is 2. The smallest absolute Gasteiger partial charge is 0.130 e. The first-order valence-electron chi connectivity index (χ1n) is 4.80. The molecule has 0 bridgehead atoms. The molecule has 1 heterocycles. The van der Waals surface area contributed by atoms with E-state index in [0.717, 1.165) is 11.0 Å². The molecule has 0 unspecified atom stereocenters. The van der Waals surface area contributed by atoms with Gasteiger partial charge in [-0.2, -0.15) is 5.10 Å². The van der Waals surface area contributed by atoms with E-state index in [1.54, 1.807) is 0 Å². The predicted octanol–water partition coefficient (Wildman–Crippen LogP) is 2.47. The van der Waals surface area contributed by atoms with E-state index < -0.39 is 0 Å². The topological polar surface area (TPSA) is 21.1 Å². The highest BCUT2D eigenvalue weighted by molar-refractivity contribution is 9.08. The maximum atomic E-state index is 4.43. The van der Waals surface area contributed by atoms with Crippen LogP contribution in [0, 0.1) is 6.92 Å². The normalized spacial score (nSPS) is 11.1. The van der Waals surface area contributed by atoms with Crippen LogP contribution in [0.4, 0.5) is 5.82 Å². The van der Waals surface area contributed by atoms with Crippen molar-refractivity contribution in [2.45, 2.75) is 32.1 Å². The van der Waals surface area contributed by atoms with Gasteiger partial charge in [0.2, 0.25) is 0 Å². The highest BCUT2D eigenvalue weighted by atomic mass is 79.9. The number of hydrogen-bond acceptors (Lipinski definition) is 2. The molecule has 0 fully saturated rings. The van der Waals surface area contributed by atoms with Crippen molar-refractivity contribution in [2.24, 2.45) is 7.05 Å². The van der Waals surface area contributed by atoms with Crippen molar-refractivity contribution in [3.05, 3.63) is 11.3 Å². The van der Waals surface area contributed by atoms with E-state index in [0.29, 0.717) is 6.04 Å². The lowest BCUT2D eigenvalue weighted by molar-refractivity contribution is 0.680. The van der Waals surface area contributed by atoms with E-state index in [1.807, 2.05) is 18.7 Å². The maximum absolute atomic E-state index is 4.43. The van der Waals surface area contributed by atoms with Crippen molar-refractivity contribution >= 4 is 21.7 Å². The summed E-state index contributed by atoms with van der Waals surface area (Å²) in [5, 5.41) is 5.29. The van der Waals surface area contributed by atoms with Crippen LogP contribution in [-0.4, -0.2) is 22.9 Å². The molecule has 3 nitrogen and oxygen atoms in total. The molecule has 0 N–H and O–H groups in total. The van der Waals surface area contributed by atoms with Crippen LogP contribution in [0.25, 0.3) is 0 Å². The molecule has 1 aromatic heterocycles. The van der Waals surface area contributed by atoms with Gasteiger partial charge < -0.3 is 4.90 Å². The molecule has 0 aliphatic heterocycles. The largest absolute Gasteiger partial charge is 0.357 e. The van der Waals surface area contributed by atoms with Gasteiger partial charge in [-0.25, -0.2) is 0 Å². The van der Waals surface area contributed by atoms with Crippen molar-refractivity contribution in [3.8, 4) is 0 Å². The number of halogens is 1. The zero-order valence-corrected chi connectivity index (χ0v) is 11.1. The number of rotatable bonds is 3. The van der Waals surface area contributed by atoms with E-state index in [9.17, 15) is 0 Å². The van der Waals surface area contributed by atoms with Gasteiger partial charge in [0, 0.05) is 31.0 Å². The quantitative estimate of drug-likeness (QED) is 0.778. The molecule has 14 heavy (non-hydrogen) atoms. The second-order valence-electron chi connectivity index (χ2n) is 3.85. The summed E-state index contributed by atoms with van der Waals surface area (Å²) in [5.41, 5.74) is 2.38. The van der Waals surface area contributed by atoms with Crippen LogP contribution in [0.15, 0.2) is 0 Å². The van der Waals surface area contributed by atoms with Crippen molar-refractivity contribution < 1.29 is 0 Å². The fourth-order valence-corrected chi connectivity index (χ4v) is 2.19. The summed E-state index contributed by atoms with van der Waals surface area (Å²) in [6.07, 6.45) is 0. The Hall–Kier alpha value is -0.510. The highest BCUT2D eigenvalue weighted by Gasteiger charge is 2.17. The Morgan fingerprint density at radius 3 is 2.50 bits per heavy atom. The third-order valence-electron chi connectivity index (χ3n) is 2.56. The van der Waals surface area contributed by atoms with Gasteiger partial charge in [0.05, 0.1) is 5.69 Å². The minimum atomic E-state index is 0.489. The Morgan fingerprint density at radius 2 is 2.07 bits per heavy atom. The van der Waals surface area contributed by atoms with Crippen LogP contribution in [0.1, 0.15) is 25.1 Å². The van der Waals surface area contributed by atoms with E-state index in [2.05, 4.69) is 46.8 Å². The summed E-state index contributed by atoms with van der Waals surface area (Å²) in [6, 6.07) is 0.489. The van der Waals surface area contributed by atoms with Crippen molar-refractivity contribution in [2.75, 3.05) is 11.9 Å². The lowest BCUT2D eigenvalue weighted by Crippen LogP contribution is -2.28. The van der Waals surface area contributed by atoms with Crippen molar-refractivity contribution in [1.82, 2.24) is 9.78 Å². The second kappa shape index (κ2) is 4.34. The lowest BCUT2D eigenvalue weighted by Gasteiger charge is -2.24. The van der Waals surface area contributed by atoms with Gasteiger partial charge >= 0.3 is 0 Å². The fourth-order valence-electron chi connectivity index (χ4n) is 1.53. The van der Waals surface area contributed by atoms with Gasteiger partial charge in [-0.15, -0.1) is 0 Å². The van der Waals surface area contributed by atoms with E-state index in [-0.39, 0.29) is 0 Å². The zero-order chi connectivity index (χ0) is 10.9. The SMILES string of the molecule is Cc1nn(C)c(N(C)C(C)C)c1CBr. The molecule has 0 saturated carbocycles. The molecule has 0 atom stereocenters. The van der Waals surface area contributed by atoms with Crippen LogP contribution in [0.2, 0.25) is 0 Å². The molecular weight excluding hydrogens is 242 g/mol. The van der Waals surface area contributed by atoms with Crippen LogP contribution < -0.4 is 4.90 Å². The van der Waals surface area contributed by atoms with Gasteiger partial charge in [-0.05, 0) is 20.8 Å². The monoisotopic (exact) mass is 259 g/mol. The first kappa shape index (κ1) is 11.6. The van der Waals surface area contributed by atoms with Gasteiger partial charge in [-0.1, -0.05) is 15.9 Å². The zero-order valence-electron chi connectivity index (χ0n) is 9.50. The van der Waals surface area contributed by atoms with Crippen LogP contribution in [0.3, 0.4) is 0 Å². The first-order chi connectivity index (χ1) is 6.49.